The van der Waals surface area contributed by atoms with E-state index in [9.17, 15) is 0 Å². The van der Waals surface area contributed by atoms with Gasteiger partial charge in [-0.2, -0.15) is 5.10 Å². The van der Waals surface area contributed by atoms with E-state index in [0.717, 1.165) is 13.0 Å². The second kappa shape index (κ2) is 9.70. The second-order valence-corrected chi connectivity index (χ2v) is 9.01. The van der Waals surface area contributed by atoms with Gasteiger partial charge in [-0.15, -0.1) is 0 Å². The summed E-state index contributed by atoms with van der Waals surface area (Å²) in [6.45, 7) is 18.4. The summed E-state index contributed by atoms with van der Waals surface area (Å²) < 4.78 is 1.92. The summed E-state index contributed by atoms with van der Waals surface area (Å²) in [4.78, 5) is 4.31. The first-order chi connectivity index (χ1) is 12.0. The molecule has 26 heavy (non-hydrogen) atoms. The molecule has 0 N–H and O–H groups in total. The molecule has 2 aliphatic rings. The van der Waals surface area contributed by atoms with E-state index in [0.29, 0.717) is 11.5 Å². The average Bonchev–Trinajstić information content (AvgIpc) is 3.28. The quantitative estimate of drug-likeness (QED) is 0.571. The van der Waals surface area contributed by atoms with Crippen LogP contribution in [-0.4, -0.2) is 22.0 Å². The molecule has 1 aliphatic carbocycles. The van der Waals surface area contributed by atoms with Gasteiger partial charge in [-0.25, -0.2) is 0 Å². The summed E-state index contributed by atoms with van der Waals surface area (Å²) in [6.07, 6.45) is 15.8. The minimum Gasteiger partial charge on any atom is -0.285 e. The molecule has 144 valence electrons. The minimum atomic E-state index is 0.243. The van der Waals surface area contributed by atoms with Crippen LogP contribution >= 0.6 is 0 Å². The van der Waals surface area contributed by atoms with Crippen molar-refractivity contribution in [3.05, 3.63) is 54.4 Å². The Morgan fingerprint density at radius 1 is 0.962 bits per heavy atom. The number of aliphatic imine (C=N–C) groups is 1. The molecule has 2 heterocycles. The molecule has 0 saturated heterocycles. The molecule has 0 unspecified atom stereocenters. The largest absolute Gasteiger partial charge is 0.285 e. The van der Waals surface area contributed by atoms with Crippen molar-refractivity contribution in [1.82, 2.24) is 9.78 Å². The molecular formula is C23H37N3. The van der Waals surface area contributed by atoms with E-state index in [1.807, 2.05) is 16.9 Å². The summed E-state index contributed by atoms with van der Waals surface area (Å²) in [6, 6.07) is 2.42. The lowest BCUT2D eigenvalue weighted by Crippen LogP contribution is -2.16. The Balaban J connectivity index is 0.000000195. The van der Waals surface area contributed by atoms with Gasteiger partial charge in [0.05, 0.1) is 6.54 Å². The monoisotopic (exact) mass is 355 g/mol. The summed E-state index contributed by atoms with van der Waals surface area (Å²) in [5.41, 5.74) is 3.30. The summed E-state index contributed by atoms with van der Waals surface area (Å²) in [7, 11) is 0. The summed E-state index contributed by atoms with van der Waals surface area (Å²) >= 11 is 0. The van der Waals surface area contributed by atoms with Crippen LogP contribution in [0.5, 0.6) is 0 Å². The van der Waals surface area contributed by atoms with Crippen LogP contribution in [0.25, 0.3) is 0 Å². The van der Waals surface area contributed by atoms with Gasteiger partial charge in [-0.1, -0.05) is 65.8 Å². The van der Waals surface area contributed by atoms with Crippen LogP contribution in [0.15, 0.2) is 59.4 Å². The van der Waals surface area contributed by atoms with Crippen molar-refractivity contribution in [3.8, 4) is 0 Å². The van der Waals surface area contributed by atoms with Crippen LogP contribution in [0.2, 0.25) is 0 Å². The Hall–Kier alpha value is -1.90. The van der Waals surface area contributed by atoms with Crippen molar-refractivity contribution in [2.24, 2.45) is 15.8 Å². The predicted octanol–water partition coefficient (Wildman–Crippen LogP) is 6.43. The highest BCUT2D eigenvalue weighted by Crippen LogP contribution is 2.29. The lowest BCUT2D eigenvalue weighted by Gasteiger charge is -2.18. The third-order valence-electron chi connectivity index (χ3n) is 4.10. The van der Waals surface area contributed by atoms with Crippen LogP contribution in [0.1, 0.15) is 67.9 Å². The molecule has 3 heteroatoms. The third-order valence-corrected chi connectivity index (χ3v) is 4.10. The minimum absolute atomic E-state index is 0.243. The number of hydrogen-bond donors (Lipinski definition) is 0. The highest BCUT2D eigenvalue weighted by Gasteiger charge is 2.17. The van der Waals surface area contributed by atoms with Gasteiger partial charge < -0.3 is 0 Å². The zero-order valence-corrected chi connectivity index (χ0v) is 18.0. The Bertz CT molecular complexity index is 603. The fourth-order valence-corrected chi connectivity index (χ4v) is 2.46. The zero-order chi connectivity index (χ0) is 19.8. The van der Waals surface area contributed by atoms with E-state index < -0.39 is 0 Å². The SMILES string of the molecule is CC(C)(C)C1=CCC=C1.CC(C)(C)C1=NCC=C1.CC(C)n1cccn1. The van der Waals surface area contributed by atoms with Crippen LogP contribution < -0.4 is 0 Å². The van der Waals surface area contributed by atoms with Gasteiger partial charge in [0.25, 0.3) is 0 Å². The highest BCUT2D eigenvalue weighted by atomic mass is 15.3. The molecule has 0 atom stereocenters. The molecule has 0 amide bonds. The highest BCUT2D eigenvalue weighted by molar-refractivity contribution is 6.00. The van der Waals surface area contributed by atoms with E-state index in [-0.39, 0.29) is 5.41 Å². The fourth-order valence-electron chi connectivity index (χ4n) is 2.46. The maximum Gasteiger partial charge on any atom is 0.0577 e. The Morgan fingerprint density at radius 2 is 1.65 bits per heavy atom. The molecule has 0 aromatic carbocycles. The smallest absolute Gasteiger partial charge is 0.0577 e. The predicted molar refractivity (Wildman–Crippen MR) is 115 cm³/mol. The molecule has 3 nitrogen and oxygen atoms in total. The van der Waals surface area contributed by atoms with Gasteiger partial charge in [0, 0.05) is 29.6 Å². The Kier molecular flexibility index (Phi) is 8.26. The van der Waals surface area contributed by atoms with Crippen molar-refractivity contribution >= 4 is 5.71 Å². The molecule has 1 aromatic rings. The van der Waals surface area contributed by atoms with Gasteiger partial charge in [-0.3, -0.25) is 9.67 Å². The average molecular weight is 356 g/mol. The van der Waals surface area contributed by atoms with Gasteiger partial charge >= 0.3 is 0 Å². The van der Waals surface area contributed by atoms with Crippen molar-refractivity contribution < 1.29 is 0 Å². The van der Waals surface area contributed by atoms with Crippen LogP contribution in [0.3, 0.4) is 0 Å². The zero-order valence-electron chi connectivity index (χ0n) is 18.0. The number of nitrogens with zero attached hydrogens (tertiary/aromatic N) is 3. The van der Waals surface area contributed by atoms with Crippen LogP contribution in [-0.2, 0) is 0 Å². The van der Waals surface area contributed by atoms with Crippen molar-refractivity contribution in [3.63, 3.8) is 0 Å². The standard InChI is InChI=1S/C9H14.C8H13N.C6H10N2/c1-9(2,3)8-6-4-5-7-8;1-8(2,3)7-5-4-6-9-7;1-6(2)8-5-3-4-7-8/h4,6-7H,5H2,1-3H3;4-5H,6H2,1-3H3;3-6H,1-2H3. The lowest BCUT2D eigenvalue weighted by atomic mass is 9.87. The maximum atomic E-state index is 4.31. The second-order valence-electron chi connectivity index (χ2n) is 9.01. The maximum absolute atomic E-state index is 4.31. The molecule has 0 fully saturated rings. The lowest BCUT2D eigenvalue weighted by molar-refractivity contribution is 0.518. The number of allylic oxidation sites excluding steroid dienone is 5. The van der Waals surface area contributed by atoms with Crippen molar-refractivity contribution in [2.75, 3.05) is 6.54 Å². The molecule has 0 bridgehead atoms. The molecular weight excluding hydrogens is 318 g/mol. The first-order valence-electron chi connectivity index (χ1n) is 9.59. The Labute approximate surface area is 160 Å². The third kappa shape index (κ3) is 7.99. The molecule has 1 aliphatic heterocycles. The summed E-state index contributed by atoms with van der Waals surface area (Å²) in [5.74, 6) is 0. The topological polar surface area (TPSA) is 30.2 Å². The first kappa shape index (κ1) is 22.1. The normalized spacial score (nSPS) is 15.9. The molecule has 3 rings (SSSR count). The Morgan fingerprint density at radius 3 is 1.88 bits per heavy atom. The van der Waals surface area contributed by atoms with Crippen molar-refractivity contribution in [1.29, 1.82) is 0 Å². The number of hydrogen-bond acceptors (Lipinski definition) is 2. The van der Waals surface area contributed by atoms with Gasteiger partial charge in [-0.05, 0) is 43.4 Å². The number of rotatable bonds is 1. The van der Waals surface area contributed by atoms with Crippen LogP contribution in [0, 0.1) is 10.8 Å². The van der Waals surface area contributed by atoms with Crippen molar-refractivity contribution in [2.45, 2.75) is 67.9 Å². The van der Waals surface area contributed by atoms with E-state index in [4.69, 9.17) is 0 Å². The van der Waals surface area contributed by atoms with Gasteiger partial charge in [0.2, 0.25) is 0 Å². The van der Waals surface area contributed by atoms with E-state index in [1.165, 1.54) is 11.3 Å². The number of aromatic nitrogens is 2. The van der Waals surface area contributed by atoms with Crippen LogP contribution in [0.4, 0.5) is 0 Å². The molecule has 0 saturated carbocycles. The van der Waals surface area contributed by atoms with Gasteiger partial charge in [0.15, 0.2) is 0 Å². The van der Waals surface area contributed by atoms with Gasteiger partial charge in [0.1, 0.15) is 0 Å². The molecule has 0 spiro atoms. The van der Waals surface area contributed by atoms with E-state index in [2.05, 4.69) is 95.9 Å². The fraction of sp³-hybridized carbons (Fsp3) is 0.565. The van der Waals surface area contributed by atoms with E-state index >= 15 is 0 Å². The van der Waals surface area contributed by atoms with E-state index in [1.54, 1.807) is 6.20 Å². The first-order valence-corrected chi connectivity index (χ1v) is 9.59. The molecule has 1 aromatic heterocycles. The summed E-state index contributed by atoms with van der Waals surface area (Å²) in [5, 5.41) is 4.03. The molecule has 0 radical (unpaired) electrons.